The van der Waals surface area contributed by atoms with Crippen molar-refractivity contribution in [3.05, 3.63) is 53.8 Å². The molecule has 0 atom stereocenters. The molecule has 1 heterocycles. The average molecular weight is 272 g/mol. The molecule has 0 aliphatic carbocycles. The van der Waals surface area contributed by atoms with Gasteiger partial charge < -0.3 is 15.4 Å². The van der Waals surface area contributed by atoms with E-state index in [9.17, 15) is 9.18 Å². The first-order valence-electron chi connectivity index (χ1n) is 6.25. The number of fused-ring (bicyclic) bond motifs is 1. The summed E-state index contributed by atoms with van der Waals surface area (Å²) in [6.45, 7) is 0.858. The lowest BCUT2D eigenvalue weighted by molar-refractivity contribution is 0.0977. The van der Waals surface area contributed by atoms with Gasteiger partial charge in [0.25, 0.3) is 5.91 Å². The second-order valence-corrected chi connectivity index (χ2v) is 4.50. The lowest BCUT2D eigenvalue weighted by Crippen LogP contribution is -2.38. The van der Waals surface area contributed by atoms with Crippen molar-refractivity contribution in [2.45, 2.75) is 0 Å². The standard InChI is InChI=1S/C15H13FN2O2/c16-10-5-6-11(12(17)9-10)15(19)18-7-8-20-14-4-2-1-3-13(14)18/h1-6,9H,7-8,17H2. The van der Waals surface area contributed by atoms with E-state index in [1.807, 2.05) is 24.3 Å². The van der Waals surface area contributed by atoms with Crippen LogP contribution in [0.15, 0.2) is 42.5 Å². The molecule has 0 bridgehead atoms. The zero-order chi connectivity index (χ0) is 14.1. The van der Waals surface area contributed by atoms with E-state index in [0.29, 0.717) is 30.2 Å². The Morgan fingerprint density at radius 1 is 1.25 bits per heavy atom. The Morgan fingerprint density at radius 3 is 2.85 bits per heavy atom. The van der Waals surface area contributed by atoms with E-state index in [0.717, 1.165) is 6.07 Å². The van der Waals surface area contributed by atoms with E-state index >= 15 is 0 Å². The Hall–Kier alpha value is -2.56. The molecule has 0 unspecified atom stereocenters. The first kappa shape index (κ1) is 12.5. The summed E-state index contributed by atoms with van der Waals surface area (Å²) in [5, 5.41) is 0. The van der Waals surface area contributed by atoms with Crippen molar-refractivity contribution in [2.24, 2.45) is 0 Å². The van der Waals surface area contributed by atoms with Gasteiger partial charge in [-0.05, 0) is 30.3 Å². The lowest BCUT2D eigenvalue weighted by Gasteiger charge is -2.29. The van der Waals surface area contributed by atoms with Crippen molar-refractivity contribution >= 4 is 17.3 Å². The number of halogens is 1. The van der Waals surface area contributed by atoms with Crippen molar-refractivity contribution < 1.29 is 13.9 Å². The van der Waals surface area contributed by atoms with Gasteiger partial charge in [0.05, 0.1) is 17.8 Å². The number of benzene rings is 2. The number of hydrogen-bond acceptors (Lipinski definition) is 3. The molecule has 2 aromatic rings. The van der Waals surface area contributed by atoms with Crippen LogP contribution in [0.5, 0.6) is 5.75 Å². The fourth-order valence-corrected chi connectivity index (χ4v) is 2.25. The summed E-state index contributed by atoms with van der Waals surface area (Å²) < 4.78 is 18.6. The third-order valence-electron chi connectivity index (χ3n) is 3.22. The highest BCUT2D eigenvalue weighted by molar-refractivity contribution is 6.10. The van der Waals surface area contributed by atoms with Crippen molar-refractivity contribution in [3.8, 4) is 5.75 Å². The van der Waals surface area contributed by atoms with E-state index in [2.05, 4.69) is 0 Å². The Labute approximate surface area is 115 Å². The van der Waals surface area contributed by atoms with Crippen molar-refractivity contribution in [2.75, 3.05) is 23.8 Å². The molecule has 0 spiro atoms. The predicted molar refractivity (Wildman–Crippen MR) is 74.4 cm³/mol. The van der Waals surface area contributed by atoms with Crippen LogP contribution in [0, 0.1) is 5.82 Å². The van der Waals surface area contributed by atoms with E-state index in [4.69, 9.17) is 10.5 Å². The van der Waals surface area contributed by atoms with Crippen LogP contribution in [0.2, 0.25) is 0 Å². The minimum Gasteiger partial charge on any atom is -0.490 e. The van der Waals surface area contributed by atoms with Crippen molar-refractivity contribution in [3.63, 3.8) is 0 Å². The van der Waals surface area contributed by atoms with Crippen molar-refractivity contribution in [1.82, 2.24) is 0 Å². The number of ether oxygens (including phenoxy) is 1. The third kappa shape index (κ3) is 2.07. The third-order valence-corrected chi connectivity index (χ3v) is 3.22. The van der Waals surface area contributed by atoms with Gasteiger partial charge in [0.2, 0.25) is 0 Å². The molecule has 0 saturated carbocycles. The number of nitrogens with two attached hydrogens (primary N) is 1. The summed E-state index contributed by atoms with van der Waals surface area (Å²) in [6, 6.07) is 11.1. The highest BCUT2D eigenvalue weighted by atomic mass is 19.1. The van der Waals surface area contributed by atoms with Gasteiger partial charge in [0, 0.05) is 5.69 Å². The number of carbonyl (C=O) groups is 1. The number of rotatable bonds is 1. The summed E-state index contributed by atoms with van der Waals surface area (Å²) in [5.41, 5.74) is 6.86. The zero-order valence-electron chi connectivity index (χ0n) is 10.7. The summed E-state index contributed by atoms with van der Waals surface area (Å²) in [4.78, 5) is 14.2. The number of para-hydroxylation sites is 2. The minimum absolute atomic E-state index is 0.138. The molecule has 0 aromatic heterocycles. The molecule has 1 amide bonds. The maximum Gasteiger partial charge on any atom is 0.260 e. The van der Waals surface area contributed by atoms with Crippen LogP contribution in [0.25, 0.3) is 0 Å². The molecule has 2 aromatic carbocycles. The molecule has 1 aliphatic heterocycles. The number of nitrogens with zero attached hydrogens (tertiary/aromatic N) is 1. The van der Waals surface area contributed by atoms with Gasteiger partial charge >= 0.3 is 0 Å². The maximum absolute atomic E-state index is 13.1. The van der Waals surface area contributed by atoms with E-state index in [-0.39, 0.29) is 11.6 Å². The van der Waals surface area contributed by atoms with Crippen LogP contribution < -0.4 is 15.4 Å². The zero-order valence-corrected chi connectivity index (χ0v) is 10.7. The van der Waals surface area contributed by atoms with Gasteiger partial charge in [0.15, 0.2) is 0 Å². The molecule has 3 rings (SSSR count). The quantitative estimate of drug-likeness (QED) is 0.811. The molecular weight excluding hydrogens is 259 g/mol. The first-order chi connectivity index (χ1) is 9.66. The van der Waals surface area contributed by atoms with E-state index in [1.54, 1.807) is 4.90 Å². The Balaban J connectivity index is 2.00. The van der Waals surface area contributed by atoms with Crippen LogP contribution in [0.1, 0.15) is 10.4 Å². The summed E-state index contributed by atoms with van der Waals surface area (Å²) in [5.74, 6) is -0.0486. The fourth-order valence-electron chi connectivity index (χ4n) is 2.25. The lowest BCUT2D eigenvalue weighted by atomic mass is 10.1. The monoisotopic (exact) mass is 272 g/mol. The number of anilines is 2. The molecule has 4 nitrogen and oxygen atoms in total. The molecule has 0 fully saturated rings. The molecule has 2 N–H and O–H groups in total. The van der Waals surface area contributed by atoms with E-state index in [1.165, 1.54) is 12.1 Å². The minimum atomic E-state index is -0.457. The SMILES string of the molecule is Nc1cc(F)ccc1C(=O)N1CCOc2ccccc21. The maximum atomic E-state index is 13.1. The highest BCUT2D eigenvalue weighted by Gasteiger charge is 2.25. The molecular formula is C15H13FN2O2. The van der Waals surface area contributed by atoms with Gasteiger partial charge in [-0.2, -0.15) is 0 Å². The molecule has 20 heavy (non-hydrogen) atoms. The Kier molecular flexibility index (Phi) is 3.02. The topological polar surface area (TPSA) is 55.6 Å². The van der Waals surface area contributed by atoms with Gasteiger partial charge in [-0.25, -0.2) is 4.39 Å². The van der Waals surface area contributed by atoms with Crippen LogP contribution in [0.3, 0.4) is 0 Å². The van der Waals surface area contributed by atoms with Crippen molar-refractivity contribution in [1.29, 1.82) is 0 Å². The molecule has 0 saturated heterocycles. The number of hydrogen-bond donors (Lipinski definition) is 1. The largest absolute Gasteiger partial charge is 0.490 e. The smallest absolute Gasteiger partial charge is 0.260 e. The summed E-state index contributed by atoms with van der Waals surface area (Å²) in [7, 11) is 0. The number of amides is 1. The first-order valence-corrected chi connectivity index (χ1v) is 6.25. The second-order valence-electron chi connectivity index (χ2n) is 4.50. The normalized spacial score (nSPS) is 13.6. The molecule has 0 radical (unpaired) electrons. The number of carbonyl (C=O) groups excluding carboxylic acids is 1. The number of nitrogen functional groups attached to an aromatic ring is 1. The molecule has 1 aliphatic rings. The van der Waals surface area contributed by atoms with Gasteiger partial charge in [-0.15, -0.1) is 0 Å². The molecule has 5 heteroatoms. The Morgan fingerprint density at radius 2 is 2.05 bits per heavy atom. The van der Waals surface area contributed by atoms with E-state index < -0.39 is 5.82 Å². The predicted octanol–water partition coefficient (Wildman–Crippen LogP) is 2.45. The Bertz CT molecular complexity index is 673. The van der Waals surface area contributed by atoms with Crippen LogP contribution in [0.4, 0.5) is 15.8 Å². The second kappa shape index (κ2) is 4.85. The van der Waals surface area contributed by atoms with Crippen LogP contribution in [-0.2, 0) is 0 Å². The van der Waals surface area contributed by atoms with Gasteiger partial charge in [-0.1, -0.05) is 12.1 Å². The average Bonchev–Trinajstić information content (AvgIpc) is 2.46. The molecule has 102 valence electrons. The summed E-state index contributed by atoms with van der Waals surface area (Å²) in [6.07, 6.45) is 0. The van der Waals surface area contributed by atoms with Crippen LogP contribution in [-0.4, -0.2) is 19.1 Å². The highest BCUT2D eigenvalue weighted by Crippen LogP contribution is 2.32. The van der Waals surface area contributed by atoms with Crippen LogP contribution >= 0.6 is 0 Å². The fraction of sp³-hybridized carbons (Fsp3) is 0.133. The van der Waals surface area contributed by atoms with Gasteiger partial charge in [-0.3, -0.25) is 4.79 Å². The summed E-state index contributed by atoms with van der Waals surface area (Å²) >= 11 is 0. The van der Waals surface area contributed by atoms with Gasteiger partial charge in [0.1, 0.15) is 18.2 Å².